The molecule has 0 aromatic rings. The maximum atomic E-state index is 4.46. The molecule has 0 amide bonds. The van der Waals surface area contributed by atoms with E-state index in [1.807, 2.05) is 16.7 Å². The molecule has 2 fully saturated rings. The number of allylic oxidation sites excluding steroid dienone is 10. The van der Waals surface area contributed by atoms with Crippen molar-refractivity contribution in [3.05, 3.63) is 69.9 Å². The van der Waals surface area contributed by atoms with Gasteiger partial charge in [-0.05, 0) is 194 Å². The molecule has 9 atom stereocenters. The average molecular weight is 720 g/mol. The lowest BCUT2D eigenvalue weighted by Crippen LogP contribution is -2.39. The van der Waals surface area contributed by atoms with Crippen molar-refractivity contribution in [3.8, 4) is 0 Å². The van der Waals surface area contributed by atoms with E-state index in [1.165, 1.54) is 166 Å². The van der Waals surface area contributed by atoms with Gasteiger partial charge in [0.15, 0.2) is 0 Å². The smallest absolute Gasteiger partial charge is 0.0580 e. The average Bonchev–Trinajstić information content (AvgIpc) is 3.96. The summed E-state index contributed by atoms with van der Waals surface area (Å²) in [5.41, 5.74) is 9.95. The van der Waals surface area contributed by atoms with Gasteiger partial charge in [0.05, 0.1) is 6.54 Å². The molecule has 1 saturated carbocycles. The Morgan fingerprint density at radius 2 is 1.81 bits per heavy atom. The summed E-state index contributed by atoms with van der Waals surface area (Å²) in [4.78, 5) is 4.46. The summed E-state index contributed by atoms with van der Waals surface area (Å²) in [6.07, 6.45) is 46.3. The molecule has 0 spiro atoms. The maximum absolute atomic E-state index is 4.46. The second-order valence-electron chi connectivity index (χ2n) is 18.9. The Hall–Kier alpha value is -1.97. The summed E-state index contributed by atoms with van der Waals surface area (Å²) in [7, 11) is 0. The molecule has 3 heteroatoms. The van der Waals surface area contributed by atoms with Crippen molar-refractivity contribution in [2.45, 2.75) is 162 Å². The number of nitrogens with one attached hydrogen (secondary N) is 2. The van der Waals surface area contributed by atoms with Crippen LogP contribution in [0.1, 0.15) is 156 Å². The molecular formula is C50H77N3. The fraction of sp³-hybridized carbons (Fsp3) is 0.740. The Labute approximate surface area is 325 Å². The van der Waals surface area contributed by atoms with Crippen LogP contribution in [0.4, 0.5) is 0 Å². The van der Waals surface area contributed by atoms with E-state index in [9.17, 15) is 0 Å². The van der Waals surface area contributed by atoms with Crippen LogP contribution >= 0.6 is 0 Å². The van der Waals surface area contributed by atoms with Gasteiger partial charge in [0, 0.05) is 12.3 Å². The zero-order valence-corrected chi connectivity index (χ0v) is 34.4. The van der Waals surface area contributed by atoms with Gasteiger partial charge in [-0.25, -0.2) is 0 Å². The second-order valence-corrected chi connectivity index (χ2v) is 18.9. The van der Waals surface area contributed by atoms with E-state index in [0.717, 1.165) is 42.1 Å². The van der Waals surface area contributed by atoms with E-state index in [0.29, 0.717) is 17.9 Å². The first kappa shape index (κ1) is 39.3. The van der Waals surface area contributed by atoms with Crippen LogP contribution in [0.2, 0.25) is 0 Å². The SMILES string of the molecule is CCCCC(/C=C(\C)C1CCCC(C2=CC[C@@H](C(C)CC[C@H](CN[C@@H]3CCCC4=C3CCCC4)C3C=CC(C4=CCN=C4)=CC3)CC2)C1)C1CCNC1. The Kier molecular flexibility index (Phi) is 14.6. The fourth-order valence-corrected chi connectivity index (χ4v) is 12.0. The molecule has 0 aromatic carbocycles. The molecule has 0 radical (unpaired) electrons. The van der Waals surface area contributed by atoms with E-state index in [4.69, 9.17) is 0 Å². The third-order valence-electron chi connectivity index (χ3n) is 15.6. The predicted octanol–water partition coefficient (Wildman–Crippen LogP) is 12.4. The standard InChI is InChI=1S/C50H77N3/c1-4-5-10-44(48-28-30-52-34-48)31-37(3)43-13-8-14-45(32-43)39-21-19-38(20-22-39)36(2)17-18-46(40-23-25-41(26-24-40)47-27-29-51-33-47)35-53-50-16-9-12-42-11-6-7-15-49(42)50/h21,23,25-27,31,33,36,38,40,43-46,48,50,52-53H,4-20,22,24,28-30,32,34-35H2,1-3H3/b37-31+/t36?,38-,40?,43?,44?,45?,46-,48?,50-/m1/s1. The van der Waals surface area contributed by atoms with Crippen molar-refractivity contribution in [2.24, 2.45) is 52.3 Å². The highest BCUT2D eigenvalue weighted by Gasteiger charge is 2.32. The lowest BCUT2D eigenvalue weighted by molar-refractivity contribution is 0.248. The van der Waals surface area contributed by atoms with E-state index < -0.39 is 0 Å². The Balaban J connectivity index is 0.932. The van der Waals surface area contributed by atoms with Crippen LogP contribution in [0.25, 0.3) is 0 Å². The lowest BCUT2D eigenvalue weighted by Gasteiger charge is -2.36. The molecule has 2 heterocycles. The van der Waals surface area contributed by atoms with Crippen molar-refractivity contribution >= 4 is 6.21 Å². The molecule has 0 bridgehead atoms. The molecule has 53 heavy (non-hydrogen) atoms. The molecule has 7 rings (SSSR count). The van der Waals surface area contributed by atoms with Crippen LogP contribution in [-0.2, 0) is 0 Å². The highest BCUT2D eigenvalue weighted by Crippen LogP contribution is 2.44. The molecule has 3 nitrogen and oxygen atoms in total. The van der Waals surface area contributed by atoms with E-state index >= 15 is 0 Å². The van der Waals surface area contributed by atoms with Gasteiger partial charge < -0.3 is 10.6 Å². The Morgan fingerprint density at radius 3 is 2.58 bits per heavy atom. The van der Waals surface area contributed by atoms with Gasteiger partial charge in [0.2, 0.25) is 0 Å². The lowest BCUT2D eigenvalue weighted by atomic mass is 9.70. The third kappa shape index (κ3) is 10.5. The second kappa shape index (κ2) is 19.8. The van der Waals surface area contributed by atoms with E-state index in [-0.39, 0.29) is 0 Å². The molecular weight excluding hydrogens is 643 g/mol. The number of unbranched alkanes of at least 4 members (excludes halogenated alkanes) is 1. The molecule has 0 aromatic heterocycles. The van der Waals surface area contributed by atoms with Crippen LogP contribution in [0.5, 0.6) is 0 Å². The summed E-state index contributed by atoms with van der Waals surface area (Å²) >= 11 is 0. The predicted molar refractivity (Wildman–Crippen MR) is 228 cm³/mol. The minimum Gasteiger partial charge on any atom is -0.316 e. The van der Waals surface area contributed by atoms with Crippen molar-refractivity contribution in [1.82, 2.24) is 10.6 Å². The molecule has 1 saturated heterocycles. The summed E-state index contributed by atoms with van der Waals surface area (Å²) in [5.74, 6) is 6.34. The molecule has 2 N–H and O–H groups in total. The zero-order valence-electron chi connectivity index (χ0n) is 34.4. The van der Waals surface area contributed by atoms with Crippen LogP contribution < -0.4 is 10.6 Å². The largest absolute Gasteiger partial charge is 0.316 e. The van der Waals surface area contributed by atoms with Crippen LogP contribution in [-0.4, -0.2) is 38.4 Å². The molecule has 6 unspecified atom stereocenters. The minimum absolute atomic E-state index is 0.644. The van der Waals surface area contributed by atoms with E-state index in [2.05, 4.69) is 79.1 Å². The maximum Gasteiger partial charge on any atom is 0.0580 e. The van der Waals surface area contributed by atoms with Gasteiger partial charge in [-0.15, -0.1) is 0 Å². The molecule has 292 valence electrons. The molecule has 5 aliphatic carbocycles. The number of nitrogens with zero attached hydrogens (tertiary/aromatic N) is 1. The van der Waals surface area contributed by atoms with Gasteiger partial charge >= 0.3 is 0 Å². The summed E-state index contributed by atoms with van der Waals surface area (Å²) in [6.45, 7) is 12.0. The Morgan fingerprint density at radius 1 is 0.906 bits per heavy atom. The zero-order chi connectivity index (χ0) is 36.4. The first-order valence-corrected chi connectivity index (χ1v) is 23.2. The summed E-state index contributed by atoms with van der Waals surface area (Å²) in [6, 6.07) is 0.644. The monoisotopic (exact) mass is 720 g/mol. The van der Waals surface area contributed by atoms with Gasteiger partial charge in [-0.3, -0.25) is 4.99 Å². The Bertz CT molecular complexity index is 1410. The quantitative estimate of drug-likeness (QED) is 0.156. The highest BCUT2D eigenvalue weighted by atomic mass is 14.9. The summed E-state index contributed by atoms with van der Waals surface area (Å²) < 4.78 is 0. The van der Waals surface area contributed by atoms with Crippen LogP contribution in [0.3, 0.4) is 0 Å². The van der Waals surface area contributed by atoms with E-state index in [1.54, 1.807) is 5.57 Å². The van der Waals surface area contributed by atoms with Crippen LogP contribution in [0, 0.1) is 47.3 Å². The highest BCUT2D eigenvalue weighted by molar-refractivity contribution is 5.88. The van der Waals surface area contributed by atoms with Gasteiger partial charge in [-0.1, -0.05) is 98.3 Å². The fourth-order valence-electron chi connectivity index (χ4n) is 12.0. The molecule has 2 aliphatic heterocycles. The van der Waals surface area contributed by atoms with Crippen molar-refractivity contribution < 1.29 is 0 Å². The topological polar surface area (TPSA) is 36.4 Å². The normalized spacial score (nSPS) is 32.6. The summed E-state index contributed by atoms with van der Waals surface area (Å²) in [5, 5.41) is 7.87. The number of rotatable bonds is 16. The van der Waals surface area contributed by atoms with Crippen molar-refractivity contribution in [3.63, 3.8) is 0 Å². The van der Waals surface area contributed by atoms with Gasteiger partial charge in [0.25, 0.3) is 0 Å². The van der Waals surface area contributed by atoms with Crippen molar-refractivity contribution in [1.29, 1.82) is 0 Å². The van der Waals surface area contributed by atoms with Gasteiger partial charge in [-0.2, -0.15) is 0 Å². The minimum atomic E-state index is 0.644. The van der Waals surface area contributed by atoms with Gasteiger partial charge in [0.1, 0.15) is 0 Å². The molecule has 7 aliphatic rings. The first-order valence-electron chi connectivity index (χ1n) is 23.2. The van der Waals surface area contributed by atoms with Crippen LogP contribution in [0.15, 0.2) is 74.9 Å². The number of aliphatic imine (C=N–C) groups is 1. The number of hydrogen-bond acceptors (Lipinski definition) is 3. The van der Waals surface area contributed by atoms with Crippen molar-refractivity contribution in [2.75, 3.05) is 26.2 Å². The third-order valence-corrected chi connectivity index (χ3v) is 15.6. The number of hydrogen-bond donors (Lipinski definition) is 2. The first-order chi connectivity index (χ1) is 26.1.